The fourth-order valence-corrected chi connectivity index (χ4v) is 2.50. The Hall–Kier alpha value is -1.96. The summed E-state index contributed by atoms with van der Waals surface area (Å²) in [6.07, 6.45) is 1.03. The summed E-state index contributed by atoms with van der Waals surface area (Å²) in [5.74, 6) is -1.71. The van der Waals surface area contributed by atoms with Gasteiger partial charge in [0, 0.05) is 6.42 Å². The molecule has 1 aliphatic heterocycles. The van der Waals surface area contributed by atoms with Gasteiger partial charge in [-0.1, -0.05) is 13.8 Å². The maximum atomic E-state index is 12.3. The lowest BCUT2D eigenvalue weighted by Crippen LogP contribution is -2.61. The van der Waals surface area contributed by atoms with Crippen molar-refractivity contribution < 1.29 is 19.2 Å². The third-order valence-corrected chi connectivity index (χ3v) is 3.47. The highest BCUT2D eigenvalue weighted by molar-refractivity contribution is 6.02. The van der Waals surface area contributed by atoms with Crippen LogP contribution in [-0.4, -0.2) is 41.8 Å². The van der Waals surface area contributed by atoms with Crippen molar-refractivity contribution in [3.63, 3.8) is 0 Å². The molecule has 2 atom stereocenters. The van der Waals surface area contributed by atoms with Gasteiger partial charge in [-0.05, 0) is 25.7 Å². The Kier molecular flexibility index (Phi) is 6.04. The van der Waals surface area contributed by atoms with Crippen LogP contribution in [0.15, 0.2) is 0 Å². The number of hydrogen-bond donors (Lipinski definition) is 4. The monoisotopic (exact) mass is 312 g/mol. The Bertz CT molecular complexity index is 477. The van der Waals surface area contributed by atoms with E-state index in [-0.39, 0.29) is 24.8 Å². The Balaban J connectivity index is 2.81. The van der Waals surface area contributed by atoms with Crippen LogP contribution in [0, 0.1) is 5.92 Å². The van der Waals surface area contributed by atoms with Gasteiger partial charge in [-0.15, -0.1) is 0 Å². The van der Waals surface area contributed by atoms with Gasteiger partial charge in [0.25, 0.3) is 5.91 Å². The highest BCUT2D eigenvalue weighted by Crippen LogP contribution is 2.18. The van der Waals surface area contributed by atoms with Crippen LogP contribution in [0.3, 0.4) is 0 Å². The summed E-state index contributed by atoms with van der Waals surface area (Å²) in [5.41, 5.74) is 3.94. The van der Waals surface area contributed by atoms with Crippen LogP contribution in [-0.2, 0) is 19.2 Å². The van der Waals surface area contributed by atoms with E-state index in [1.54, 1.807) is 6.92 Å². The van der Waals surface area contributed by atoms with Crippen molar-refractivity contribution in [2.75, 3.05) is 6.54 Å². The maximum absolute atomic E-state index is 12.3. The zero-order valence-electron chi connectivity index (χ0n) is 13.2. The van der Waals surface area contributed by atoms with Crippen LogP contribution >= 0.6 is 0 Å². The highest BCUT2D eigenvalue weighted by Gasteiger charge is 2.39. The molecule has 0 aromatic rings. The summed E-state index contributed by atoms with van der Waals surface area (Å²) in [7, 11) is 0. The van der Waals surface area contributed by atoms with Crippen LogP contribution in [0.1, 0.15) is 40.0 Å². The molecular formula is C14H24N4O4. The first-order chi connectivity index (χ1) is 10.2. The molecule has 1 aliphatic rings. The molecule has 1 saturated heterocycles. The minimum absolute atomic E-state index is 0.113. The molecule has 1 heterocycles. The maximum Gasteiger partial charge on any atom is 0.252 e. The van der Waals surface area contributed by atoms with Crippen molar-refractivity contribution in [3.8, 4) is 0 Å². The van der Waals surface area contributed by atoms with Gasteiger partial charge < -0.3 is 16.4 Å². The molecule has 0 aromatic heterocycles. The zero-order chi connectivity index (χ0) is 16.9. The summed E-state index contributed by atoms with van der Waals surface area (Å²) >= 11 is 0. The van der Waals surface area contributed by atoms with E-state index in [2.05, 4.69) is 16.0 Å². The van der Waals surface area contributed by atoms with Crippen LogP contribution in [0.4, 0.5) is 0 Å². The second kappa shape index (κ2) is 7.35. The predicted octanol–water partition coefficient (Wildman–Crippen LogP) is -1.21. The van der Waals surface area contributed by atoms with Gasteiger partial charge in [0.2, 0.25) is 17.7 Å². The van der Waals surface area contributed by atoms with Crippen LogP contribution < -0.4 is 21.7 Å². The van der Waals surface area contributed by atoms with E-state index in [0.717, 1.165) is 0 Å². The molecule has 0 aromatic carbocycles. The van der Waals surface area contributed by atoms with Crippen LogP contribution in [0.25, 0.3) is 0 Å². The van der Waals surface area contributed by atoms with E-state index < -0.39 is 29.3 Å². The number of carbonyl (C=O) groups excluding carboxylic acids is 4. The summed E-state index contributed by atoms with van der Waals surface area (Å²) in [4.78, 5) is 47.0. The van der Waals surface area contributed by atoms with E-state index in [1.807, 2.05) is 13.8 Å². The van der Waals surface area contributed by atoms with Gasteiger partial charge in [-0.3, -0.25) is 24.5 Å². The van der Waals surface area contributed by atoms with Gasteiger partial charge in [0.05, 0.1) is 6.54 Å². The lowest BCUT2D eigenvalue weighted by molar-refractivity contribution is -0.138. The lowest BCUT2D eigenvalue weighted by Gasteiger charge is -2.31. The second-order valence-corrected chi connectivity index (χ2v) is 6.16. The van der Waals surface area contributed by atoms with E-state index in [4.69, 9.17) is 5.73 Å². The largest absolute Gasteiger partial charge is 0.344 e. The average molecular weight is 312 g/mol. The van der Waals surface area contributed by atoms with Gasteiger partial charge >= 0.3 is 0 Å². The Morgan fingerprint density at radius 3 is 2.50 bits per heavy atom. The minimum atomic E-state index is -1.25. The fraction of sp³-hybridized carbons (Fsp3) is 0.714. The smallest absolute Gasteiger partial charge is 0.252 e. The Morgan fingerprint density at radius 1 is 1.41 bits per heavy atom. The molecule has 0 saturated carbocycles. The molecule has 0 unspecified atom stereocenters. The van der Waals surface area contributed by atoms with E-state index >= 15 is 0 Å². The predicted molar refractivity (Wildman–Crippen MR) is 79.4 cm³/mol. The molecule has 0 radical (unpaired) electrons. The van der Waals surface area contributed by atoms with Crippen molar-refractivity contribution in [1.29, 1.82) is 0 Å². The molecule has 22 heavy (non-hydrogen) atoms. The van der Waals surface area contributed by atoms with Crippen molar-refractivity contribution in [3.05, 3.63) is 0 Å². The van der Waals surface area contributed by atoms with Gasteiger partial charge in [-0.2, -0.15) is 0 Å². The van der Waals surface area contributed by atoms with Crippen LogP contribution in [0.2, 0.25) is 0 Å². The number of amides is 4. The highest BCUT2D eigenvalue weighted by atomic mass is 16.2. The number of hydrogen-bond acceptors (Lipinski definition) is 5. The molecule has 124 valence electrons. The number of carbonyl (C=O) groups is 4. The molecule has 0 bridgehead atoms. The summed E-state index contributed by atoms with van der Waals surface area (Å²) in [6, 6.07) is -0.642. The molecular weight excluding hydrogens is 288 g/mol. The third-order valence-electron chi connectivity index (χ3n) is 3.47. The number of imide groups is 1. The van der Waals surface area contributed by atoms with E-state index in [9.17, 15) is 19.2 Å². The molecule has 0 spiro atoms. The molecule has 1 fully saturated rings. The SMILES string of the molecule is CC(C)C[C@](C)(NC(=O)[C@@H]1CCC(=O)N1)C(=O)NC(=O)CN. The van der Waals surface area contributed by atoms with Crippen molar-refractivity contribution >= 4 is 23.6 Å². The summed E-state index contributed by atoms with van der Waals surface area (Å²) in [5, 5.41) is 7.38. The molecule has 1 rings (SSSR count). The minimum Gasteiger partial charge on any atom is -0.344 e. The first-order valence-corrected chi connectivity index (χ1v) is 7.33. The third kappa shape index (κ3) is 4.80. The molecule has 5 N–H and O–H groups in total. The second-order valence-electron chi connectivity index (χ2n) is 6.16. The molecule has 0 aliphatic carbocycles. The van der Waals surface area contributed by atoms with Crippen LogP contribution in [0.5, 0.6) is 0 Å². The first kappa shape index (κ1) is 18.1. The summed E-state index contributed by atoms with van der Waals surface area (Å²) < 4.78 is 0. The molecule has 8 nitrogen and oxygen atoms in total. The number of nitrogens with one attached hydrogen (secondary N) is 3. The van der Waals surface area contributed by atoms with E-state index in [0.29, 0.717) is 12.8 Å². The summed E-state index contributed by atoms with van der Waals surface area (Å²) in [6.45, 7) is 5.05. The van der Waals surface area contributed by atoms with Gasteiger partial charge in [0.15, 0.2) is 0 Å². The molecule has 8 heteroatoms. The van der Waals surface area contributed by atoms with Crippen molar-refractivity contribution in [1.82, 2.24) is 16.0 Å². The van der Waals surface area contributed by atoms with Crippen molar-refractivity contribution in [2.45, 2.75) is 51.6 Å². The number of rotatable bonds is 6. The Morgan fingerprint density at radius 2 is 2.05 bits per heavy atom. The average Bonchev–Trinajstić information content (AvgIpc) is 2.84. The standard InChI is InChI=1S/C14H24N4O4/c1-8(2)6-14(3,13(22)17-11(20)7-15)18-12(21)9-4-5-10(19)16-9/h8-9H,4-7,15H2,1-3H3,(H,16,19)(H,18,21)(H,17,20,22)/t9-,14-/m0/s1. The van der Waals surface area contributed by atoms with Gasteiger partial charge in [-0.25, -0.2) is 0 Å². The van der Waals surface area contributed by atoms with Gasteiger partial charge in [0.1, 0.15) is 11.6 Å². The fourth-order valence-electron chi connectivity index (χ4n) is 2.50. The van der Waals surface area contributed by atoms with Crippen molar-refractivity contribution in [2.24, 2.45) is 11.7 Å². The quantitative estimate of drug-likeness (QED) is 0.489. The zero-order valence-corrected chi connectivity index (χ0v) is 13.2. The lowest BCUT2D eigenvalue weighted by atomic mass is 9.89. The molecule has 4 amide bonds. The topological polar surface area (TPSA) is 130 Å². The normalized spacial score (nSPS) is 20.2. The first-order valence-electron chi connectivity index (χ1n) is 7.33. The Labute approximate surface area is 129 Å². The van der Waals surface area contributed by atoms with E-state index in [1.165, 1.54) is 0 Å². The number of nitrogens with two attached hydrogens (primary N) is 1.